The minimum atomic E-state index is -0.260. The number of rotatable bonds is 6. The van der Waals surface area contributed by atoms with E-state index in [4.69, 9.17) is 4.42 Å². The zero-order valence-electron chi connectivity index (χ0n) is 18.0. The molecule has 1 atom stereocenters. The van der Waals surface area contributed by atoms with Crippen molar-refractivity contribution in [1.29, 1.82) is 0 Å². The van der Waals surface area contributed by atoms with Crippen molar-refractivity contribution in [2.24, 2.45) is 0 Å². The lowest BCUT2D eigenvalue weighted by atomic mass is 9.95. The average molecular weight is 432 g/mol. The van der Waals surface area contributed by atoms with Gasteiger partial charge in [-0.15, -0.1) is 11.3 Å². The number of anilines is 2. The summed E-state index contributed by atoms with van der Waals surface area (Å²) in [6.07, 6.45) is 3.30. The van der Waals surface area contributed by atoms with E-state index in [1.165, 1.54) is 11.8 Å². The number of amides is 1. The predicted octanol–water partition coefficient (Wildman–Crippen LogP) is 6.42. The number of benzene rings is 1. The quantitative estimate of drug-likeness (QED) is 0.369. The second-order valence-electron chi connectivity index (χ2n) is 7.66. The first-order valence-corrected chi connectivity index (χ1v) is 10.9. The lowest BCUT2D eigenvalue weighted by Gasteiger charge is -2.22. The standard InChI is InChI=1S/C25H25N3O2S/c1-15-7-9-19(10-8-15)23(27-21-14-16(2)11-12-26-21)22-17(3)18(4)31-25(22)28-24(29)20-6-5-13-30-20/h5-14,23H,1-4H3,(H,26,27)(H,28,29). The maximum atomic E-state index is 12.7. The number of pyridine rings is 1. The molecule has 0 aliphatic carbocycles. The van der Waals surface area contributed by atoms with Crippen LogP contribution >= 0.6 is 11.3 Å². The highest BCUT2D eigenvalue weighted by molar-refractivity contribution is 7.16. The first-order valence-electron chi connectivity index (χ1n) is 10.1. The molecule has 0 saturated carbocycles. The van der Waals surface area contributed by atoms with Gasteiger partial charge >= 0.3 is 0 Å². The van der Waals surface area contributed by atoms with Crippen molar-refractivity contribution in [1.82, 2.24) is 4.98 Å². The Balaban J connectivity index is 1.78. The van der Waals surface area contributed by atoms with Crippen LogP contribution in [0, 0.1) is 27.7 Å². The third kappa shape index (κ3) is 4.54. The summed E-state index contributed by atoms with van der Waals surface area (Å²) in [5.41, 5.74) is 5.61. The SMILES string of the molecule is Cc1ccc(C(Nc2cc(C)ccn2)c2c(NC(=O)c3ccco3)sc(C)c2C)cc1. The summed E-state index contributed by atoms with van der Waals surface area (Å²) in [7, 11) is 0. The molecule has 0 radical (unpaired) electrons. The number of thiophene rings is 1. The Labute approximate surface area is 186 Å². The van der Waals surface area contributed by atoms with E-state index in [1.54, 1.807) is 29.7 Å². The van der Waals surface area contributed by atoms with Gasteiger partial charge in [-0.3, -0.25) is 4.79 Å². The molecule has 0 aliphatic rings. The maximum Gasteiger partial charge on any atom is 0.291 e. The van der Waals surface area contributed by atoms with Crippen molar-refractivity contribution in [3.63, 3.8) is 0 Å². The zero-order chi connectivity index (χ0) is 22.0. The van der Waals surface area contributed by atoms with E-state index in [0.717, 1.165) is 37.9 Å². The fourth-order valence-electron chi connectivity index (χ4n) is 3.50. The van der Waals surface area contributed by atoms with Crippen molar-refractivity contribution in [2.75, 3.05) is 10.6 Å². The number of hydrogen-bond donors (Lipinski definition) is 2. The molecule has 3 heterocycles. The summed E-state index contributed by atoms with van der Waals surface area (Å²) in [6.45, 7) is 8.28. The van der Waals surface area contributed by atoms with Crippen LogP contribution in [0.4, 0.5) is 10.8 Å². The van der Waals surface area contributed by atoms with Crippen molar-refractivity contribution < 1.29 is 9.21 Å². The third-order valence-corrected chi connectivity index (χ3v) is 6.45. The number of aryl methyl sites for hydroxylation is 3. The minimum Gasteiger partial charge on any atom is -0.459 e. The van der Waals surface area contributed by atoms with E-state index in [1.807, 2.05) is 19.1 Å². The molecule has 0 aliphatic heterocycles. The van der Waals surface area contributed by atoms with Crippen molar-refractivity contribution in [3.8, 4) is 0 Å². The molecule has 158 valence electrons. The Hall–Kier alpha value is -3.38. The number of hydrogen-bond acceptors (Lipinski definition) is 5. The van der Waals surface area contributed by atoms with E-state index < -0.39 is 0 Å². The molecule has 2 N–H and O–H groups in total. The molecular weight excluding hydrogens is 406 g/mol. The average Bonchev–Trinajstić information content (AvgIpc) is 3.37. The van der Waals surface area contributed by atoms with Crippen LogP contribution in [-0.4, -0.2) is 10.9 Å². The highest BCUT2D eigenvalue weighted by Gasteiger charge is 2.25. The monoisotopic (exact) mass is 431 g/mol. The first-order chi connectivity index (χ1) is 14.9. The number of carbonyl (C=O) groups excluding carboxylic acids is 1. The van der Waals surface area contributed by atoms with Crippen molar-refractivity contribution in [3.05, 3.63) is 99.4 Å². The second kappa shape index (κ2) is 8.78. The molecule has 6 heteroatoms. The van der Waals surface area contributed by atoms with Gasteiger partial charge in [-0.2, -0.15) is 0 Å². The van der Waals surface area contributed by atoms with Gasteiger partial charge in [-0.1, -0.05) is 29.8 Å². The summed E-state index contributed by atoms with van der Waals surface area (Å²) < 4.78 is 5.28. The van der Waals surface area contributed by atoms with Crippen LogP contribution in [0.3, 0.4) is 0 Å². The van der Waals surface area contributed by atoms with E-state index in [9.17, 15) is 4.79 Å². The van der Waals surface area contributed by atoms with Gasteiger partial charge in [0.1, 0.15) is 10.8 Å². The van der Waals surface area contributed by atoms with Gasteiger partial charge in [0.2, 0.25) is 0 Å². The summed E-state index contributed by atoms with van der Waals surface area (Å²) in [4.78, 5) is 18.4. The molecule has 0 spiro atoms. The molecule has 31 heavy (non-hydrogen) atoms. The van der Waals surface area contributed by atoms with E-state index in [-0.39, 0.29) is 17.7 Å². The topological polar surface area (TPSA) is 67.2 Å². The van der Waals surface area contributed by atoms with Crippen LogP contribution in [0.2, 0.25) is 0 Å². The Bertz CT molecular complexity index is 1190. The molecule has 0 saturated heterocycles. The molecule has 0 bridgehead atoms. The summed E-state index contributed by atoms with van der Waals surface area (Å²) in [5.74, 6) is 0.816. The van der Waals surface area contributed by atoms with Crippen LogP contribution in [0.5, 0.6) is 0 Å². The zero-order valence-corrected chi connectivity index (χ0v) is 18.8. The smallest absolute Gasteiger partial charge is 0.291 e. The summed E-state index contributed by atoms with van der Waals surface area (Å²) >= 11 is 1.57. The number of aromatic nitrogens is 1. The fraction of sp³-hybridized carbons (Fsp3) is 0.200. The highest BCUT2D eigenvalue weighted by Crippen LogP contribution is 2.41. The molecule has 1 aromatic carbocycles. The van der Waals surface area contributed by atoms with Crippen LogP contribution in [-0.2, 0) is 0 Å². The third-order valence-electron chi connectivity index (χ3n) is 5.31. The van der Waals surface area contributed by atoms with Gasteiger partial charge in [0, 0.05) is 16.6 Å². The molecule has 1 unspecified atom stereocenters. The Morgan fingerprint density at radius 3 is 2.48 bits per heavy atom. The summed E-state index contributed by atoms with van der Waals surface area (Å²) in [6, 6.07) is 15.6. The minimum absolute atomic E-state index is 0.174. The predicted molar refractivity (Wildman–Crippen MR) is 126 cm³/mol. The normalized spacial score (nSPS) is 11.9. The lowest BCUT2D eigenvalue weighted by Crippen LogP contribution is -2.17. The van der Waals surface area contributed by atoms with Crippen LogP contribution in [0.25, 0.3) is 0 Å². The highest BCUT2D eigenvalue weighted by atomic mass is 32.1. The number of nitrogens with zero attached hydrogens (tertiary/aromatic N) is 1. The van der Waals surface area contributed by atoms with Gasteiger partial charge in [-0.25, -0.2) is 4.98 Å². The van der Waals surface area contributed by atoms with Gasteiger partial charge in [0.05, 0.1) is 12.3 Å². The summed E-state index contributed by atoms with van der Waals surface area (Å²) in [5, 5.41) is 7.46. The van der Waals surface area contributed by atoms with Gasteiger partial charge in [-0.05, 0) is 68.7 Å². The van der Waals surface area contributed by atoms with E-state index in [2.05, 4.69) is 60.7 Å². The lowest BCUT2D eigenvalue weighted by molar-refractivity contribution is 0.0997. The fourth-order valence-corrected chi connectivity index (χ4v) is 4.60. The Morgan fingerprint density at radius 2 is 1.81 bits per heavy atom. The maximum absolute atomic E-state index is 12.7. The van der Waals surface area contributed by atoms with Gasteiger partial charge in [0.25, 0.3) is 5.91 Å². The first kappa shape index (κ1) is 20.9. The molecule has 4 aromatic rings. The molecular formula is C25H25N3O2S. The van der Waals surface area contributed by atoms with Gasteiger partial charge in [0.15, 0.2) is 5.76 Å². The largest absolute Gasteiger partial charge is 0.459 e. The number of furan rings is 1. The Kier molecular flexibility index (Phi) is 5.91. The van der Waals surface area contributed by atoms with Crippen molar-refractivity contribution in [2.45, 2.75) is 33.7 Å². The van der Waals surface area contributed by atoms with Crippen molar-refractivity contribution >= 4 is 28.1 Å². The van der Waals surface area contributed by atoms with Crippen LogP contribution < -0.4 is 10.6 Å². The van der Waals surface area contributed by atoms with Crippen LogP contribution in [0.15, 0.2) is 65.4 Å². The molecule has 5 nitrogen and oxygen atoms in total. The van der Waals surface area contributed by atoms with Gasteiger partial charge < -0.3 is 15.1 Å². The number of nitrogens with one attached hydrogen (secondary N) is 2. The molecule has 1 amide bonds. The van der Waals surface area contributed by atoms with E-state index >= 15 is 0 Å². The van der Waals surface area contributed by atoms with Crippen LogP contribution in [0.1, 0.15) is 49.3 Å². The molecule has 3 aromatic heterocycles. The Morgan fingerprint density at radius 1 is 1.03 bits per heavy atom. The van der Waals surface area contributed by atoms with E-state index in [0.29, 0.717) is 0 Å². The molecule has 0 fully saturated rings. The second-order valence-corrected chi connectivity index (χ2v) is 8.89. The molecule has 4 rings (SSSR count). The number of carbonyl (C=O) groups is 1.